The van der Waals surface area contributed by atoms with Gasteiger partial charge in [-0.05, 0) is 88.0 Å². The number of Topliss-reactive ketones (excluding diaryl/α,β-unsaturated/α-hetero) is 1. The lowest BCUT2D eigenvalue weighted by atomic mass is 9.78. The van der Waals surface area contributed by atoms with Crippen LogP contribution in [0.1, 0.15) is 400 Å². The highest BCUT2D eigenvalue weighted by Crippen LogP contribution is 2.33. The number of hydrogen-bond donors (Lipinski definition) is 1. The van der Waals surface area contributed by atoms with Crippen molar-refractivity contribution in [3.8, 4) is 0 Å². The van der Waals surface area contributed by atoms with Gasteiger partial charge in [-0.15, -0.1) is 0 Å². The van der Waals surface area contributed by atoms with Crippen molar-refractivity contribution in [2.45, 2.75) is 400 Å². The Balaban J connectivity index is -0.000000288. The first kappa shape index (κ1) is 99.3. The Bertz CT molecular complexity index is 1600. The minimum Gasteiger partial charge on any atom is -0.481 e. The first-order chi connectivity index (χ1) is 44.2. The molecule has 1 aliphatic carbocycles. The van der Waals surface area contributed by atoms with Crippen LogP contribution in [0.2, 0.25) is 0 Å². The molecule has 1 rings (SSSR count). The second-order valence-corrected chi connectivity index (χ2v) is 25.9. The number of aliphatic carboxylic acids is 1. The normalized spacial score (nSPS) is 12.1. The summed E-state index contributed by atoms with van der Waals surface area (Å²) < 4.78 is 26.3. The van der Waals surface area contributed by atoms with Crippen LogP contribution in [0.5, 0.6) is 0 Å². The summed E-state index contributed by atoms with van der Waals surface area (Å²) in [6.45, 7) is 36.3. The molecule has 0 bridgehead atoms. The third-order valence-corrected chi connectivity index (χ3v) is 15.9. The van der Waals surface area contributed by atoms with E-state index in [1.165, 1.54) is 155 Å². The fraction of sp³-hybridized carbons (Fsp3) is 0.886. The summed E-state index contributed by atoms with van der Waals surface area (Å²) in [4.78, 5) is 80.4. The van der Waals surface area contributed by atoms with Gasteiger partial charge in [-0.3, -0.25) is 28.8 Å². The maximum absolute atomic E-state index is 12.7. The molecule has 1 saturated carbocycles. The topological polar surface area (TPSA) is 186 Å². The minimum atomic E-state index is -0.795. The van der Waals surface area contributed by atoms with Gasteiger partial charge in [0.1, 0.15) is 5.78 Å². The van der Waals surface area contributed by atoms with Crippen LogP contribution in [0.15, 0.2) is 11.8 Å². The van der Waals surface area contributed by atoms with Gasteiger partial charge >= 0.3 is 35.8 Å². The summed E-state index contributed by atoms with van der Waals surface area (Å²) in [6, 6.07) is 0. The molecule has 548 valence electrons. The van der Waals surface area contributed by atoms with Crippen molar-refractivity contribution in [3.05, 3.63) is 11.8 Å². The molecule has 13 nitrogen and oxygen atoms in total. The third kappa shape index (κ3) is 86.2. The highest BCUT2D eigenvalue weighted by molar-refractivity contribution is 5.75. The van der Waals surface area contributed by atoms with Crippen LogP contribution in [0.4, 0.5) is 0 Å². The molecule has 1 aliphatic rings. The van der Waals surface area contributed by atoms with E-state index < -0.39 is 17.9 Å². The zero-order valence-corrected chi connectivity index (χ0v) is 63.8. The number of ketones is 1. The lowest BCUT2D eigenvalue weighted by Crippen LogP contribution is -2.24. The van der Waals surface area contributed by atoms with Crippen LogP contribution >= 0.6 is 0 Å². The van der Waals surface area contributed by atoms with E-state index in [1.807, 2.05) is 20.8 Å². The highest BCUT2D eigenvalue weighted by Gasteiger charge is 2.25. The van der Waals surface area contributed by atoms with E-state index in [2.05, 4.69) is 87.8 Å². The number of carbonyl (C=O) groups is 7. The Kier molecular flexibility index (Phi) is 87.9. The van der Waals surface area contributed by atoms with Gasteiger partial charge in [-0.25, -0.2) is 0 Å². The molecule has 0 radical (unpaired) electrons. The molecule has 0 heterocycles. The number of esters is 5. The first-order valence-electron chi connectivity index (χ1n) is 38.4. The van der Waals surface area contributed by atoms with Gasteiger partial charge in [0.2, 0.25) is 0 Å². The van der Waals surface area contributed by atoms with Crippen LogP contribution < -0.4 is 0 Å². The second-order valence-electron chi connectivity index (χ2n) is 25.9. The zero-order chi connectivity index (χ0) is 70.7. The van der Waals surface area contributed by atoms with E-state index >= 15 is 0 Å². The smallest absolute Gasteiger partial charge is 0.311 e. The van der Waals surface area contributed by atoms with Crippen molar-refractivity contribution in [1.82, 2.24) is 0 Å². The van der Waals surface area contributed by atoms with Crippen LogP contribution in [0.3, 0.4) is 0 Å². The summed E-state index contributed by atoms with van der Waals surface area (Å²) in [5.41, 5.74) is 1.14. The Morgan fingerprint density at radius 1 is 0.424 bits per heavy atom. The first-order valence-corrected chi connectivity index (χ1v) is 38.4. The fourth-order valence-electron chi connectivity index (χ4n) is 9.32. The zero-order valence-electron chi connectivity index (χ0n) is 63.8. The molecule has 0 aromatic heterocycles. The van der Waals surface area contributed by atoms with Crippen molar-refractivity contribution < 1.29 is 62.4 Å². The standard InChI is InChI=1S/C33H60O6.C18H32O4.C10H20O.C7H16.C5H10O2.C4H10.C2H6/c1-6-10-13-15-17-19-22-31(34)37-25-29(26-38-32(35)23-20-18-16-14-11-7-2)24-33(36)39-27-30(21-12-8-3)28(5)9-4;1-2-3-4-5-6-7-11-18(21)22-14-16(13-17(19)20)12-15-9-8-10-15;1-3-4-5-6-7-8-9-10(2)11;1-4-5-6-7(2)3;1-3-4-7-5(2)6;1-3-4-2;1-2/h27-29H,6-26H2,1-5H3;15-16H,2-14H2,1H3,(H,19,20);3-9H2,1-2H3;7H,4-6H2,1-3H3;3-4H2,1-2H3;3-4H2,1-2H3;1-2H3/b30-27+;;;;;;. The predicted octanol–water partition coefficient (Wildman–Crippen LogP) is 23.8. The lowest BCUT2D eigenvalue weighted by molar-refractivity contribution is -0.153. The number of unbranched alkanes of at least 4 members (excludes halogenated alkanes) is 23. The molecular formula is C79H154O13. The van der Waals surface area contributed by atoms with Crippen molar-refractivity contribution in [1.29, 1.82) is 0 Å². The molecule has 1 fully saturated rings. The van der Waals surface area contributed by atoms with Gasteiger partial charge < -0.3 is 33.6 Å². The van der Waals surface area contributed by atoms with Crippen LogP contribution in [-0.4, -0.2) is 73.1 Å². The average Bonchev–Trinajstić information content (AvgIpc) is 3.30. The Morgan fingerprint density at radius 2 is 0.804 bits per heavy atom. The molecule has 0 saturated heterocycles. The number of rotatable bonds is 52. The van der Waals surface area contributed by atoms with E-state index in [0.29, 0.717) is 43.5 Å². The lowest BCUT2D eigenvalue weighted by Gasteiger charge is -2.28. The number of carboxylic acids is 1. The SMILES string of the molecule is CC.CCCC.CCCCC(C)C.CCCCCCCCC(=O)OCC(CC(=O)O)CC1CCC1.CCCCCCCCC(=O)OCC(COC(=O)CCCCCCCC)CC(=O)O/C=C(\CCCC)C(C)CC.CCCCCCCCC(C)=O.CCCOC(C)=O. The summed E-state index contributed by atoms with van der Waals surface area (Å²) in [7, 11) is 0. The summed E-state index contributed by atoms with van der Waals surface area (Å²) in [6.07, 6.45) is 47.7. The van der Waals surface area contributed by atoms with Crippen LogP contribution in [0, 0.1) is 29.6 Å². The monoisotopic (exact) mass is 1310 g/mol. The van der Waals surface area contributed by atoms with Crippen molar-refractivity contribution in [3.63, 3.8) is 0 Å². The fourth-order valence-corrected chi connectivity index (χ4v) is 9.32. The van der Waals surface area contributed by atoms with E-state index in [1.54, 1.807) is 13.2 Å². The molecule has 0 spiro atoms. The maximum atomic E-state index is 12.7. The number of allylic oxidation sites excluding steroid dienone is 1. The molecule has 13 heteroatoms. The molecule has 1 N–H and O–H groups in total. The number of ether oxygens (including phenoxy) is 5. The molecule has 0 aliphatic heterocycles. The van der Waals surface area contributed by atoms with Crippen LogP contribution in [-0.2, 0) is 57.2 Å². The Morgan fingerprint density at radius 3 is 1.10 bits per heavy atom. The predicted molar refractivity (Wildman–Crippen MR) is 388 cm³/mol. The van der Waals surface area contributed by atoms with Crippen molar-refractivity contribution in [2.24, 2.45) is 29.6 Å². The van der Waals surface area contributed by atoms with E-state index in [9.17, 15) is 33.6 Å². The van der Waals surface area contributed by atoms with E-state index in [-0.39, 0.29) is 62.5 Å². The largest absolute Gasteiger partial charge is 0.481 e. The van der Waals surface area contributed by atoms with Gasteiger partial charge in [0.25, 0.3) is 0 Å². The number of hydrogen-bond acceptors (Lipinski definition) is 12. The summed E-state index contributed by atoms with van der Waals surface area (Å²) in [5, 5.41) is 8.96. The quantitative estimate of drug-likeness (QED) is 0.0263. The molecule has 0 aromatic carbocycles. The minimum absolute atomic E-state index is 0.0173. The second kappa shape index (κ2) is 81.5. The highest BCUT2D eigenvalue weighted by atomic mass is 16.6. The summed E-state index contributed by atoms with van der Waals surface area (Å²) in [5.74, 6) is -0.282. The number of carboxylic acid groups (broad SMARTS) is 1. The van der Waals surface area contributed by atoms with Gasteiger partial charge in [0.15, 0.2) is 0 Å². The van der Waals surface area contributed by atoms with Gasteiger partial charge in [0, 0.05) is 44.4 Å². The van der Waals surface area contributed by atoms with E-state index in [4.69, 9.17) is 24.1 Å². The van der Waals surface area contributed by atoms with Gasteiger partial charge in [0.05, 0.1) is 45.5 Å². The molecule has 0 aromatic rings. The summed E-state index contributed by atoms with van der Waals surface area (Å²) >= 11 is 0. The van der Waals surface area contributed by atoms with Gasteiger partial charge in [-0.2, -0.15) is 0 Å². The average molecular weight is 1310 g/mol. The van der Waals surface area contributed by atoms with Crippen molar-refractivity contribution >= 4 is 41.6 Å². The van der Waals surface area contributed by atoms with Crippen molar-refractivity contribution in [2.75, 3.05) is 26.4 Å². The third-order valence-electron chi connectivity index (χ3n) is 15.9. The maximum Gasteiger partial charge on any atom is 0.311 e. The molecule has 92 heavy (non-hydrogen) atoms. The van der Waals surface area contributed by atoms with E-state index in [0.717, 1.165) is 114 Å². The molecular weight excluding hydrogens is 1160 g/mol. The Labute approximate surface area is 569 Å². The van der Waals surface area contributed by atoms with Crippen LogP contribution in [0.25, 0.3) is 0 Å². The molecule has 2 atom stereocenters. The van der Waals surface area contributed by atoms with Gasteiger partial charge in [-0.1, -0.05) is 290 Å². The number of carbonyl (C=O) groups excluding carboxylic acids is 6. The molecule has 0 amide bonds. The molecule has 2 unspecified atom stereocenters. The Hall–Kier alpha value is -3.77.